The summed E-state index contributed by atoms with van der Waals surface area (Å²) in [6, 6.07) is -1.69. The molecule has 0 aliphatic carbocycles. The van der Waals surface area contributed by atoms with Crippen LogP contribution in [0.2, 0.25) is 0 Å². The Bertz CT molecular complexity index is 480. The summed E-state index contributed by atoms with van der Waals surface area (Å²) in [7, 11) is 0. The van der Waals surface area contributed by atoms with E-state index in [4.69, 9.17) is 10.8 Å². The van der Waals surface area contributed by atoms with E-state index in [1.165, 1.54) is 4.90 Å². The molecule has 0 bridgehead atoms. The lowest BCUT2D eigenvalue weighted by Crippen LogP contribution is -2.55. The lowest BCUT2D eigenvalue weighted by molar-refractivity contribution is -0.149. The van der Waals surface area contributed by atoms with E-state index in [-0.39, 0.29) is 19.0 Å². The summed E-state index contributed by atoms with van der Waals surface area (Å²) >= 11 is 0. The smallest absolute Gasteiger partial charge is 0.326 e. The van der Waals surface area contributed by atoms with Crippen molar-refractivity contribution in [1.29, 1.82) is 0 Å². The van der Waals surface area contributed by atoms with Gasteiger partial charge in [-0.3, -0.25) is 14.4 Å². The van der Waals surface area contributed by atoms with Gasteiger partial charge in [0, 0.05) is 6.54 Å². The van der Waals surface area contributed by atoms with Crippen LogP contribution in [0.3, 0.4) is 0 Å². The third kappa shape index (κ3) is 5.20. The summed E-state index contributed by atoms with van der Waals surface area (Å²) in [5, 5.41) is 14.0. The van der Waals surface area contributed by atoms with E-state index in [9.17, 15) is 19.2 Å². The number of hydrogen-bond acceptors (Lipinski definition) is 5. The van der Waals surface area contributed by atoms with Gasteiger partial charge in [-0.05, 0) is 18.8 Å². The molecule has 9 heteroatoms. The highest BCUT2D eigenvalue weighted by Gasteiger charge is 2.38. The van der Waals surface area contributed by atoms with Gasteiger partial charge in [0.1, 0.15) is 12.1 Å². The predicted octanol–water partition coefficient (Wildman–Crippen LogP) is -1.72. The number of hydrogen-bond donors (Lipinski definition) is 4. The summed E-state index contributed by atoms with van der Waals surface area (Å²) in [4.78, 5) is 48.0. The van der Waals surface area contributed by atoms with Crippen LogP contribution in [0.25, 0.3) is 0 Å². The summed E-state index contributed by atoms with van der Waals surface area (Å²) in [6.07, 6.45) is 1.03. The van der Waals surface area contributed by atoms with Crippen molar-refractivity contribution in [2.45, 2.75) is 38.8 Å². The van der Waals surface area contributed by atoms with E-state index < -0.39 is 35.8 Å². The number of carbonyl (C=O) groups excluding carboxylic acids is 3. The van der Waals surface area contributed by atoms with E-state index in [1.54, 1.807) is 13.8 Å². The lowest BCUT2D eigenvalue weighted by Gasteiger charge is -2.29. The minimum atomic E-state index is -1.04. The first-order valence-electron chi connectivity index (χ1n) is 7.57. The first-order chi connectivity index (χ1) is 10.8. The molecule has 0 radical (unpaired) electrons. The van der Waals surface area contributed by atoms with Gasteiger partial charge in [-0.2, -0.15) is 0 Å². The zero-order valence-corrected chi connectivity index (χ0v) is 13.4. The molecule has 1 aliphatic heterocycles. The van der Waals surface area contributed by atoms with Crippen molar-refractivity contribution < 1.29 is 24.3 Å². The largest absolute Gasteiger partial charge is 0.480 e. The molecule has 9 nitrogen and oxygen atoms in total. The van der Waals surface area contributed by atoms with Gasteiger partial charge in [-0.1, -0.05) is 13.8 Å². The molecule has 0 unspecified atom stereocenters. The molecule has 0 saturated carbocycles. The molecule has 0 aromatic carbocycles. The van der Waals surface area contributed by atoms with Gasteiger partial charge in [-0.15, -0.1) is 0 Å². The van der Waals surface area contributed by atoms with Crippen molar-refractivity contribution >= 4 is 23.7 Å². The third-order valence-electron chi connectivity index (χ3n) is 3.70. The Morgan fingerprint density at radius 3 is 2.43 bits per heavy atom. The molecule has 1 aliphatic rings. The standard InChI is InChI=1S/C14H24N4O5/c1-8(2)12(17-11(20)7-16-10(19)6-15)13(21)18-5-3-4-9(18)14(22)23/h8-9,12H,3-7,15H2,1-2H3,(H,16,19)(H,17,20)(H,22,23)/t9-,12-/m0/s1. The van der Waals surface area contributed by atoms with Crippen molar-refractivity contribution in [1.82, 2.24) is 15.5 Å². The van der Waals surface area contributed by atoms with Crippen LogP contribution in [-0.2, 0) is 19.2 Å². The number of likely N-dealkylation sites (tertiary alicyclic amines) is 1. The maximum atomic E-state index is 12.6. The molecule has 0 aromatic heterocycles. The van der Waals surface area contributed by atoms with Gasteiger partial charge in [0.25, 0.3) is 0 Å². The normalized spacial score (nSPS) is 18.6. The van der Waals surface area contributed by atoms with E-state index in [0.29, 0.717) is 19.4 Å². The number of aliphatic carboxylic acids is 1. The maximum Gasteiger partial charge on any atom is 0.326 e. The fourth-order valence-electron chi connectivity index (χ4n) is 2.45. The first-order valence-corrected chi connectivity index (χ1v) is 7.57. The Balaban J connectivity index is 2.70. The molecule has 1 fully saturated rings. The second kappa shape index (κ2) is 8.47. The Kier molecular flexibility index (Phi) is 6.95. The summed E-state index contributed by atoms with van der Waals surface area (Å²) in [5.74, 6) is -2.67. The second-order valence-corrected chi connectivity index (χ2v) is 5.80. The van der Waals surface area contributed by atoms with Crippen LogP contribution in [0.5, 0.6) is 0 Å². The lowest BCUT2D eigenvalue weighted by atomic mass is 10.0. The minimum Gasteiger partial charge on any atom is -0.480 e. The number of carboxylic acid groups (broad SMARTS) is 1. The minimum absolute atomic E-state index is 0.216. The van der Waals surface area contributed by atoms with Crippen molar-refractivity contribution in [2.24, 2.45) is 11.7 Å². The Hall–Kier alpha value is -2.16. The van der Waals surface area contributed by atoms with Crippen molar-refractivity contribution in [2.75, 3.05) is 19.6 Å². The summed E-state index contributed by atoms with van der Waals surface area (Å²) in [5.41, 5.74) is 5.12. The highest BCUT2D eigenvalue weighted by Crippen LogP contribution is 2.20. The van der Waals surface area contributed by atoms with Gasteiger partial charge < -0.3 is 26.4 Å². The van der Waals surface area contributed by atoms with Crippen LogP contribution in [0.4, 0.5) is 0 Å². The van der Waals surface area contributed by atoms with Gasteiger partial charge >= 0.3 is 5.97 Å². The van der Waals surface area contributed by atoms with Crippen molar-refractivity contribution in [3.05, 3.63) is 0 Å². The number of rotatable bonds is 7. The number of nitrogens with two attached hydrogens (primary N) is 1. The number of nitrogens with one attached hydrogen (secondary N) is 2. The highest BCUT2D eigenvalue weighted by atomic mass is 16.4. The molecule has 1 saturated heterocycles. The molecule has 0 aromatic rings. The van der Waals surface area contributed by atoms with Crippen LogP contribution >= 0.6 is 0 Å². The molecule has 3 amide bonds. The number of carboxylic acids is 1. The van der Waals surface area contributed by atoms with Gasteiger partial charge in [0.15, 0.2) is 0 Å². The number of amides is 3. The highest BCUT2D eigenvalue weighted by molar-refractivity contribution is 5.92. The zero-order valence-electron chi connectivity index (χ0n) is 13.4. The van der Waals surface area contributed by atoms with E-state index in [1.807, 2.05) is 0 Å². The van der Waals surface area contributed by atoms with Crippen LogP contribution in [-0.4, -0.2) is 65.4 Å². The van der Waals surface area contributed by atoms with Crippen molar-refractivity contribution in [3.8, 4) is 0 Å². The molecule has 5 N–H and O–H groups in total. The SMILES string of the molecule is CC(C)[C@H](NC(=O)CNC(=O)CN)C(=O)N1CCC[C@H]1C(=O)O. The summed E-state index contributed by atoms with van der Waals surface area (Å²) < 4.78 is 0. The Morgan fingerprint density at radius 2 is 1.91 bits per heavy atom. The molecule has 1 heterocycles. The third-order valence-corrected chi connectivity index (χ3v) is 3.70. The van der Waals surface area contributed by atoms with Crippen LogP contribution < -0.4 is 16.4 Å². The molecule has 130 valence electrons. The Morgan fingerprint density at radius 1 is 1.26 bits per heavy atom. The summed E-state index contributed by atoms with van der Waals surface area (Å²) in [6.45, 7) is 3.36. The molecule has 2 atom stereocenters. The molecule has 23 heavy (non-hydrogen) atoms. The maximum absolute atomic E-state index is 12.6. The quantitative estimate of drug-likeness (QED) is 0.438. The average molecular weight is 328 g/mol. The molecular formula is C14H24N4O5. The van der Waals surface area contributed by atoms with Crippen LogP contribution in [0.15, 0.2) is 0 Å². The van der Waals surface area contributed by atoms with Crippen LogP contribution in [0, 0.1) is 5.92 Å². The fraction of sp³-hybridized carbons (Fsp3) is 0.714. The van der Waals surface area contributed by atoms with Gasteiger partial charge in [0.2, 0.25) is 17.7 Å². The van der Waals surface area contributed by atoms with Crippen molar-refractivity contribution in [3.63, 3.8) is 0 Å². The van der Waals surface area contributed by atoms with E-state index in [2.05, 4.69) is 10.6 Å². The number of nitrogens with zero attached hydrogens (tertiary/aromatic N) is 1. The van der Waals surface area contributed by atoms with Gasteiger partial charge in [0.05, 0.1) is 13.1 Å². The first kappa shape index (κ1) is 18.9. The molecule has 0 spiro atoms. The van der Waals surface area contributed by atoms with Crippen LogP contribution in [0.1, 0.15) is 26.7 Å². The second-order valence-electron chi connectivity index (χ2n) is 5.80. The monoisotopic (exact) mass is 328 g/mol. The topological polar surface area (TPSA) is 142 Å². The van der Waals surface area contributed by atoms with E-state index in [0.717, 1.165) is 0 Å². The molecule has 1 rings (SSSR count). The Labute approximate surface area is 134 Å². The fourth-order valence-corrected chi connectivity index (χ4v) is 2.45. The predicted molar refractivity (Wildman–Crippen MR) is 81.2 cm³/mol. The van der Waals surface area contributed by atoms with E-state index >= 15 is 0 Å². The molecular weight excluding hydrogens is 304 g/mol. The average Bonchev–Trinajstić information content (AvgIpc) is 2.98. The zero-order chi connectivity index (χ0) is 17.6. The number of carbonyl (C=O) groups is 4. The van der Waals surface area contributed by atoms with Gasteiger partial charge in [-0.25, -0.2) is 4.79 Å².